The van der Waals surface area contributed by atoms with Crippen LogP contribution >= 0.6 is 34.8 Å². The van der Waals surface area contributed by atoms with Crippen LogP contribution in [0.4, 0.5) is 5.82 Å². The van der Waals surface area contributed by atoms with Gasteiger partial charge in [0.1, 0.15) is 23.7 Å². The van der Waals surface area contributed by atoms with E-state index in [1.807, 2.05) is 0 Å². The van der Waals surface area contributed by atoms with Crippen LogP contribution in [0.5, 0.6) is 5.75 Å². The molecule has 1 amide bonds. The molecule has 0 atom stereocenters. The number of anilines is 1. The fourth-order valence-electron chi connectivity index (χ4n) is 2.50. The molecule has 158 valence electrons. The summed E-state index contributed by atoms with van der Waals surface area (Å²) in [6.45, 7) is 1.86. The van der Waals surface area contributed by atoms with Crippen molar-refractivity contribution in [1.82, 2.24) is 9.78 Å². The molecule has 0 fully saturated rings. The number of carbonyl (C=O) groups is 2. The number of aromatic nitrogens is 2. The Morgan fingerprint density at radius 3 is 2.57 bits per heavy atom. The van der Waals surface area contributed by atoms with E-state index < -0.39 is 11.9 Å². The van der Waals surface area contributed by atoms with E-state index in [0.717, 1.165) is 0 Å². The topological polar surface area (TPSA) is 95.6 Å². The van der Waals surface area contributed by atoms with E-state index in [2.05, 4.69) is 10.4 Å². The van der Waals surface area contributed by atoms with E-state index in [-0.39, 0.29) is 46.2 Å². The van der Waals surface area contributed by atoms with E-state index in [1.165, 1.54) is 29.1 Å². The minimum atomic E-state index is -0.592. The van der Waals surface area contributed by atoms with Crippen LogP contribution in [-0.4, -0.2) is 28.3 Å². The van der Waals surface area contributed by atoms with Gasteiger partial charge in [0.25, 0.3) is 5.91 Å². The molecule has 0 saturated carbocycles. The van der Waals surface area contributed by atoms with E-state index in [1.54, 1.807) is 20.0 Å². The second-order valence-corrected chi connectivity index (χ2v) is 7.21. The van der Waals surface area contributed by atoms with Gasteiger partial charge in [-0.05, 0) is 31.2 Å². The minimum Gasteiger partial charge on any atom is -0.483 e. The van der Waals surface area contributed by atoms with Crippen molar-refractivity contribution in [2.75, 3.05) is 11.9 Å². The van der Waals surface area contributed by atoms with Gasteiger partial charge < -0.3 is 19.2 Å². The predicted molar refractivity (Wildman–Crippen MR) is 112 cm³/mol. The number of halogens is 3. The van der Waals surface area contributed by atoms with Crippen molar-refractivity contribution in [3.05, 3.63) is 62.6 Å². The van der Waals surface area contributed by atoms with Crippen molar-refractivity contribution in [3.63, 3.8) is 0 Å². The van der Waals surface area contributed by atoms with Gasteiger partial charge in [-0.1, -0.05) is 34.8 Å². The van der Waals surface area contributed by atoms with Crippen molar-refractivity contribution in [1.29, 1.82) is 0 Å². The van der Waals surface area contributed by atoms with Crippen LogP contribution in [0.15, 0.2) is 34.9 Å². The van der Waals surface area contributed by atoms with Gasteiger partial charge in [0.15, 0.2) is 11.5 Å². The summed E-state index contributed by atoms with van der Waals surface area (Å²) in [5.41, 5.74) is 0.134. The zero-order valence-electron chi connectivity index (χ0n) is 15.9. The average Bonchev–Trinajstić information content (AvgIpc) is 3.28. The number of hydrogen-bond acceptors (Lipinski definition) is 6. The standard InChI is InChI=1S/C19H16Cl3N3O5/c1-3-28-19(27)12-8-23-25(2)17(12)24-18(26)15-5-4-11(30-15)9-29-16-13(21)6-10(20)7-14(16)22/h4-8H,3,9H2,1-2H3,(H,24,26). The molecular weight excluding hydrogens is 457 g/mol. The maximum Gasteiger partial charge on any atom is 0.343 e. The predicted octanol–water partition coefficient (Wildman–Crippen LogP) is 4.98. The van der Waals surface area contributed by atoms with Crippen LogP contribution < -0.4 is 10.1 Å². The molecule has 1 aromatic carbocycles. The molecule has 30 heavy (non-hydrogen) atoms. The number of hydrogen-bond donors (Lipinski definition) is 1. The largest absolute Gasteiger partial charge is 0.483 e. The number of aryl methyl sites for hydroxylation is 1. The Morgan fingerprint density at radius 2 is 1.90 bits per heavy atom. The second-order valence-electron chi connectivity index (χ2n) is 5.96. The third-order valence-electron chi connectivity index (χ3n) is 3.87. The van der Waals surface area contributed by atoms with Crippen molar-refractivity contribution in [2.45, 2.75) is 13.5 Å². The Balaban J connectivity index is 1.69. The number of nitrogens with zero attached hydrogens (tertiary/aromatic N) is 2. The maximum absolute atomic E-state index is 12.5. The molecular formula is C19H16Cl3N3O5. The molecule has 0 aliphatic carbocycles. The van der Waals surface area contributed by atoms with Crippen LogP contribution in [0.2, 0.25) is 15.1 Å². The molecule has 0 radical (unpaired) electrons. The van der Waals surface area contributed by atoms with Crippen molar-refractivity contribution in [3.8, 4) is 5.75 Å². The Bertz CT molecular complexity index is 1070. The van der Waals surface area contributed by atoms with Gasteiger partial charge in [0, 0.05) is 12.1 Å². The molecule has 0 aliphatic rings. The van der Waals surface area contributed by atoms with Gasteiger partial charge in [-0.3, -0.25) is 9.48 Å². The molecule has 0 bridgehead atoms. The molecule has 3 aromatic rings. The van der Waals surface area contributed by atoms with Gasteiger partial charge in [0.2, 0.25) is 0 Å². The quantitative estimate of drug-likeness (QED) is 0.487. The third kappa shape index (κ3) is 4.89. The highest BCUT2D eigenvalue weighted by atomic mass is 35.5. The minimum absolute atomic E-state index is 0.0120. The van der Waals surface area contributed by atoms with Crippen LogP contribution in [0, 0.1) is 0 Å². The lowest BCUT2D eigenvalue weighted by molar-refractivity contribution is 0.0527. The lowest BCUT2D eigenvalue weighted by Crippen LogP contribution is -2.17. The van der Waals surface area contributed by atoms with E-state index in [9.17, 15) is 9.59 Å². The van der Waals surface area contributed by atoms with E-state index >= 15 is 0 Å². The zero-order valence-corrected chi connectivity index (χ0v) is 18.1. The molecule has 0 spiro atoms. The normalized spacial score (nSPS) is 10.7. The first kappa shape index (κ1) is 22.0. The Hall–Kier alpha value is -2.68. The number of esters is 1. The number of benzene rings is 1. The fraction of sp³-hybridized carbons (Fsp3) is 0.211. The van der Waals surface area contributed by atoms with Crippen LogP contribution in [0.25, 0.3) is 0 Å². The monoisotopic (exact) mass is 471 g/mol. The number of rotatable bonds is 7. The Kier molecular flexibility index (Phi) is 6.91. The number of nitrogens with one attached hydrogen (secondary N) is 1. The number of carbonyl (C=O) groups excluding carboxylic acids is 2. The molecule has 2 aromatic heterocycles. The lowest BCUT2D eigenvalue weighted by Gasteiger charge is -2.09. The van der Waals surface area contributed by atoms with Crippen LogP contribution in [0.3, 0.4) is 0 Å². The second kappa shape index (κ2) is 9.42. The first-order valence-electron chi connectivity index (χ1n) is 8.66. The van der Waals surface area contributed by atoms with Crippen molar-refractivity contribution < 1.29 is 23.5 Å². The first-order chi connectivity index (χ1) is 14.3. The molecule has 0 aliphatic heterocycles. The number of ether oxygens (including phenoxy) is 2. The highest BCUT2D eigenvalue weighted by Crippen LogP contribution is 2.36. The first-order valence-corrected chi connectivity index (χ1v) is 9.80. The number of amides is 1. The maximum atomic E-state index is 12.5. The highest BCUT2D eigenvalue weighted by molar-refractivity contribution is 6.40. The SMILES string of the molecule is CCOC(=O)c1cnn(C)c1NC(=O)c1ccc(COc2c(Cl)cc(Cl)cc2Cl)o1. The number of furan rings is 1. The van der Waals surface area contributed by atoms with Crippen LogP contribution in [0.1, 0.15) is 33.6 Å². The van der Waals surface area contributed by atoms with E-state index in [4.69, 9.17) is 48.7 Å². The molecule has 2 heterocycles. The van der Waals surface area contributed by atoms with Crippen molar-refractivity contribution >= 4 is 52.5 Å². The van der Waals surface area contributed by atoms with Gasteiger partial charge in [-0.15, -0.1) is 0 Å². The third-order valence-corrected chi connectivity index (χ3v) is 4.65. The molecule has 8 nitrogen and oxygen atoms in total. The molecule has 0 unspecified atom stereocenters. The molecule has 3 rings (SSSR count). The fourth-order valence-corrected chi connectivity index (χ4v) is 3.43. The Labute approximate surface area is 186 Å². The van der Waals surface area contributed by atoms with Crippen LogP contribution in [-0.2, 0) is 18.4 Å². The summed E-state index contributed by atoms with van der Waals surface area (Å²) in [6.07, 6.45) is 1.31. The summed E-state index contributed by atoms with van der Waals surface area (Å²) in [4.78, 5) is 24.5. The van der Waals surface area contributed by atoms with E-state index in [0.29, 0.717) is 10.8 Å². The summed E-state index contributed by atoms with van der Waals surface area (Å²) >= 11 is 18.0. The molecule has 11 heteroatoms. The smallest absolute Gasteiger partial charge is 0.343 e. The lowest BCUT2D eigenvalue weighted by atomic mass is 10.3. The van der Waals surface area contributed by atoms with Gasteiger partial charge in [-0.25, -0.2) is 4.79 Å². The average molecular weight is 473 g/mol. The van der Waals surface area contributed by atoms with Gasteiger partial charge in [-0.2, -0.15) is 5.10 Å². The summed E-state index contributed by atoms with van der Waals surface area (Å²) in [6, 6.07) is 6.04. The molecule has 0 saturated heterocycles. The highest BCUT2D eigenvalue weighted by Gasteiger charge is 2.21. The summed E-state index contributed by atoms with van der Waals surface area (Å²) in [7, 11) is 1.58. The van der Waals surface area contributed by atoms with Gasteiger partial charge >= 0.3 is 5.97 Å². The summed E-state index contributed by atoms with van der Waals surface area (Å²) in [5, 5.41) is 7.45. The van der Waals surface area contributed by atoms with Crippen molar-refractivity contribution in [2.24, 2.45) is 7.05 Å². The summed E-state index contributed by atoms with van der Waals surface area (Å²) in [5.74, 6) is -0.355. The van der Waals surface area contributed by atoms with Gasteiger partial charge in [0.05, 0.1) is 22.8 Å². The molecule has 1 N–H and O–H groups in total. The Morgan fingerprint density at radius 1 is 1.20 bits per heavy atom. The summed E-state index contributed by atoms with van der Waals surface area (Å²) < 4.78 is 17.4. The zero-order chi connectivity index (χ0) is 21.8.